The van der Waals surface area contributed by atoms with Gasteiger partial charge in [-0.15, -0.1) is 0 Å². The Kier molecular flexibility index (Phi) is 7.55. The molecule has 6 aromatic rings. The van der Waals surface area contributed by atoms with Crippen molar-refractivity contribution in [1.82, 2.24) is 39.5 Å². The first-order chi connectivity index (χ1) is 22.4. The molecule has 0 aliphatic rings. The van der Waals surface area contributed by atoms with Crippen LogP contribution in [0.1, 0.15) is 47.1 Å². The van der Waals surface area contributed by atoms with Crippen LogP contribution in [0, 0.1) is 0 Å². The van der Waals surface area contributed by atoms with Gasteiger partial charge in [-0.3, -0.25) is 19.6 Å². The predicted octanol–water partition coefficient (Wildman–Crippen LogP) is 2.85. The molecule has 0 radical (unpaired) electrons. The summed E-state index contributed by atoms with van der Waals surface area (Å²) in [4.78, 5) is 65.6. The van der Waals surface area contributed by atoms with Gasteiger partial charge >= 0.3 is 11.9 Å². The highest BCUT2D eigenvalue weighted by atomic mass is 16.6. The summed E-state index contributed by atoms with van der Waals surface area (Å²) in [5.41, 5.74) is 0.370. The lowest BCUT2D eigenvalue weighted by Crippen LogP contribution is -2.16. The molecule has 0 atom stereocenters. The Labute approximate surface area is 264 Å². The van der Waals surface area contributed by atoms with Crippen LogP contribution in [0.4, 0.5) is 0 Å². The van der Waals surface area contributed by atoms with E-state index in [1.54, 1.807) is 12.1 Å². The molecule has 0 amide bonds. The van der Waals surface area contributed by atoms with E-state index in [0.717, 1.165) is 16.4 Å². The lowest BCUT2D eigenvalue weighted by atomic mass is 9.86. The number of methoxy groups -OCH3 is 3. The molecule has 0 spiro atoms. The highest BCUT2D eigenvalue weighted by molar-refractivity contribution is 6.02. The van der Waals surface area contributed by atoms with Crippen molar-refractivity contribution < 1.29 is 28.5 Å². The summed E-state index contributed by atoms with van der Waals surface area (Å²) in [5.74, 6) is -1.35. The molecule has 0 aliphatic heterocycles. The summed E-state index contributed by atoms with van der Waals surface area (Å²) in [6.07, 6.45) is 4.82. The average molecular weight is 641 g/mol. The van der Waals surface area contributed by atoms with Crippen molar-refractivity contribution >= 4 is 33.7 Å². The number of fused-ring (bicyclic) bond motifs is 2. The molecular weight excluding hydrogens is 612 g/mol. The number of ether oxygens (including phenoxy) is 4. The Morgan fingerprint density at radius 2 is 1.32 bits per heavy atom. The molecule has 47 heavy (non-hydrogen) atoms. The second kappa shape index (κ2) is 11.6. The normalized spacial score (nSPS) is 11.5. The molecule has 0 bridgehead atoms. The summed E-state index contributed by atoms with van der Waals surface area (Å²) < 4.78 is 23.4. The first kappa shape index (κ1) is 30.7. The summed E-state index contributed by atoms with van der Waals surface area (Å²) >= 11 is 0. The number of nitrogens with one attached hydrogen (secondary N) is 2. The first-order valence-corrected chi connectivity index (χ1v) is 14.1. The minimum absolute atomic E-state index is 0.0325. The zero-order chi connectivity index (χ0) is 33.6. The van der Waals surface area contributed by atoms with Crippen molar-refractivity contribution in [3.05, 3.63) is 86.5 Å². The molecule has 0 fully saturated rings. The van der Waals surface area contributed by atoms with Crippen molar-refractivity contribution in [3.63, 3.8) is 0 Å². The first-order valence-electron chi connectivity index (χ1n) is 14.1. The van der Waals surface area contributed by atoms with Gasteiger partial charge in [0, 0.05) is 18.5 Å². The summed E-state index contributed by atoms with van der Waals surface area (Å²) in [7, 11) is 4.22. The fourth-order valence-electron chi connectivity index (χ4n) is 4.86. The number of rotatable bonds is 7. The summed E-state index contributed by atoms with van der Waals surface area (Å²) in [5, 5.41) is 8.70. The Morgan fingerprint density at radius 1 is 0.745 bits per heavy atom. The van der Waals surface area contributed by atoms with Gasteiger partial charge in [0.05, 0.1) is 61.3 Å². The molecule has 16 nitrogen and oxygen atoms in total. The van der Waals surface area contributed by atoms with E-state index in [1.807, 2.05) is 26.8 Å². The minimum Gasteiger partial charge on any atom is -0.493 e. The third kappa shape index (κ3) is 5.56. The third-order valence-corrected chi connectivity index (χ3v) is 7.30. The van der Waals surface area contributed by atoms with Crippen LogP contribution in [0.5, 0.6) is 17.2 Å². The number of carbonyl (C=O) groups is 2. The third-order valence-electron chi connectivity index (χ3n) is 7.30. The maximum Gasteiger partial charge on any atom is 0.349 e. The van der Waals surface area contributed by atoms with Gasteiger partial charge in [-0.05, 0) is 23.1 Å². The number of nitrogens with zero attached hydrogens (tertiary/aromatic N) is 6. The van der Waals surface area contributed by atoms with E-state index in [-0.39, 0.29) is 62.1 Å². The zero-order valence-electron chi connectivity index (χ0n) is 26.1. The standard InChI is InChI=1S/C31H28N8O8/c1-31(2,3)17-7-8-19-18(9-17)25(40)36-29(34-19)38-13-15(11-32-38)27(42)47-28(43)16-12-33-39(14-16)30-35-20-10-21(44-4)23(45-5)24(46-6)22(20)26(41)37-30/h7-14H,1-6H3,(H,34,36,40)(H,35,37,41). The molecule has 240 valence electrons. The fourth-order valence-corrected chi connectivity index (χ4v) is 4.86. The number of aromatic amines is 2. The molecule has 4 heterocycles. The van der Waals surface area contributed by atoms with E-state index in [4.69, 9.17) is 18.9 Å². The van der Waals surface area contributed by atoms with Crippen LogP contribution in [-0.4, -0.2) is 72.8 Å². The molecule has 2 aromatic carbocycles. The molecule has 0 saturated heterocycles. The maximum atomic E-state index is 13.0. The average Bonchev–Trinajstić information content (AvgIpc) is 3.74. The van der Waals surface area contributed by atoms with Gasteiger partial charge in [-0.1, -0.05) is 26.8 Å². The van der Waals surface area contributed by atoms with Crippen molar-refractivity contribution in [2.75, 3.05) is 21.3 Å². The van der Waals surface area contributed by atoms with Crippen LogP contribution < -0.4 is 25.3 Å². The van der Waals surface area contributed by atoms with E-state index in [1.165, 1.54) is 50.7 Å². The van der Waals surface area contributed by atoms with Crippen LogP contribution in [0.2, 0.25) is 0 Å². The minimum atomic E-state index is -1.02. The second-order valence-corrected chi connectivity index (χ2v) is 11.3. The molecule has 0 aliphatic carbocycles. The van der Waals surface area contributed by atoms with Gasteiger partial charge < -0.3 is 18.9 Å². The van der Waals surface area contributed by atoms with Crippen molar-refractivity contribution in [2.45, 2.75) is 26.2 Å². The summed E-state index contributed by atoms with van der Waals surface area (Å²) in [6, 6.07) is 6.94. The number of benzene rings is 2. The quantitative estimate of drug-likeness (QED) is 0.191. The number of esters is 2. The fraction of sp³-hybridized carbons (Fsp3) is 0.226. The SMILES string of the molecule is COc1cc2nc(-n3cc(C(=O)OC(=O)c4cnn(-c5nc6ccc(C(C)(C)C)cc6c(=O)[nH]5)c4)cn3)[nH]c(=O)c2c(OC)c1OC. The Morgan fingerprint density at radius 3 is 1.87 bits per heavy atom. The molecule has 16 heteroatoms. The van der Waals surface area contributed by atoms with E-state index in [9.17, 15) is 19.2 Å². The summed E-state index contributed by atoms with van der Waals surface area (Å²) in [6.45, 7) is 6.13. The maximum absolute atomic E-state index is 13.0. The largest absolute Gasteiger partial charge is 0.493 e. The predicted molar refractivity (Wildman–Crippen MR) is 167 cm³/mol. The van der Waals surface area contributed by atoms with E-state index in [0.29, 0.717) is 10.9 Å². The monoisotopic (exact) mass is 640 g/mol. The second-order valence-electron chi connectivity index (χ2n) is 11.3. The van der Waals surface area contributed by atoms with Gasteiger partial charge in [0.1, 0.15) is 5.39 Å². The molecule has 0 unspecified atom stereocenters. The Bertz CT molecular complexity index is 2330. The topological polar surface area (TPSA) is 198 Å². The van der Waals surface area contributed by atoms with E-state index >= 15 is 0 Å². The molecule has 2 N–H and O–H groups in total. The van der Waals surface area contributed by atoms with Gasteiger partial charge in [0.2, 0.25) is 17.6 Å². The molecular formula is C31H28N8O8. The lowest BCUT2D eigenvalue weighted by Gasteiger charge is -2.19. The molecule has 4 aromatic heterocycles. The van der Waals surface area contributed by atoms with Crippen molar-refractivity contribution in [2.24, 2.45) is 0 Å². The van der Waals surface area contributed by atoms with Crippen LogP contribution in [-0.2, 0) is 10.2 Å². The highest BCUT2D eigenvalue weighted by Crippen LogP contribution is 2.41. The van der Waals surface area contributed by atoms with Crippen LogP contribution >= 0.6 is 0 Å². The number of carbonyl (C=O) groups excluding carboxylic acids is 2. The zero-order valence-corrected chi connectivity index (χ0v) is 26.1. The van der Waals surface area contributed by atoms with Gasteiger partial charge in [-0.2, -0.15) is 10.2 Å². The number of hydrogen-bond acceptors (Lipinski definition) is 12. The van der Waals surface area contributed by atoms with E-state index in [2.05, 4.69) is 30.1 Å². The van der Waals surface area contributed by atoms with Crippen molar-refractivity contribution in [3.8, 4) is 29.1 Å². The smallest absolute Gasteiger partial charge is 0.349 e. The van der Waals surface area contributed by atoms with Crippen LogP contribution in [0.3, 0.4) is 0 Å². The highest BCUT2D eigenvalue weighted by Gasteiger charge is 2.23. The van der Waals surface area contributed by atoms with Gasteiger partial charge in [0.25, 0.3) is 11.1 Å². The lowest BCUT2D eigenvalue weighted by molar-refractivity contribution is 0.0397. The number of hydrogen-bond donors (Lipinski definition) is 2. The molecule has 6 rings (SSSR count). The molecule has 0 saturated carbocycles. The van der Waals surface area contributed by atoms with Crippen LogP contribution in [0.15, 0.2) is 58.6 Å². The van der Waals surface area contributed by atoms with Crippen molar-refractivity contribution in [1.29, 1.82) is 0 Å². The van der Waals surface area contributed by atoms with Gasteiger partial charge in [0.15, 0.2) is 11.5 Å². The van der Waals surface area contributed by atoms with Gasteiger partial charge in [-0.25, -0.2) is 28.9 Å². The number of H-pyrrole nitrogens is 2. The number of aromatic nitrogens is 8. The Hall–Kier alpha value is -6.32. The van der Waals surface area contributed by atoms with E-state index < -0.39 is 17.5 Å². The van der Waals surface area contributed by atoms with Crippen LogP contribution in [0.25, 0.3) is 33.7 Å². The Balaban J connectivity index is 1.22.